The maximum absolute atomic E-state index is 2.47. The van der Waals surface area contributed by atoms with Gasteiger partial charge in [0.1, 0.15) is 0 Å². The van der Waals surface area contributed by atoms with Crippen LogP contribution in [-0.4, -0.2) is 7.28 Å². The molecule has 0 aromatic carbocycles. The van der Waals surface area contributed by atoms with E-state index in [1.165, 1.54) is 26.5 Å². The molecule has 74 valence electrons. The SMILES string of the molecule is CBC1=C2CCCC2=CC(C)(C)C=C1. The average Bonchev–Trinajstić information content (AvgIpc) is 2.49. The Kier molecular flexibility index (Phi) is 2.42. The first-order valence-corrected chi connectivity index (χ1v) is 5.76. The van der Waals surface area contributed by atoms with E-state index in [-0.39, 0.29) is 5.41 Å². The van der Waals surface area contributed by atoms with Gasteiger partial charge in [-0.3, -0.25) is 0 Å². The number of hydrogen-bond acceptors (Lipinski definition) is 0. The van der Waals surface area contributed by atoms with Crippen LogP contribution < -0.4 is 0 Å². The van der Waals surface area contributed by atoms with Crippen molar-refractivity contribution >= 4 is 7.28 Å². The van der Waals surface area contributed by atoms with Crippen LogP contribution >= 0.6 is 0 Å². The molecule has 0 heterocycles. The smallest absolute Gasteiger partial charge is 0.0849 e. The van der Waals surface area contributed by atoms with Gasteiger partial charge in [-0.15, -0.1) is 0 Å². The van der Waals surface area contributed by atoms with Crippen LogP contribution in [0.25, 0.3) is 0 Å². The molecule has 0 aromatic rings. The number of allylic oxidation sites excluding steroid dienone is 6. The minimum atomic E-state index is 0.252. The van der Waals surface area contributed by atoms with Gasteiger partial charge in [-0.25, -0.2) is 0 Å². The Labute approximate surface area is 88.0 Å². The van der Waals surface area contributed by atoms with E-state index in [0.29, 0.717) is 0 Å². The van der Waals surface area contributed by atoms with E-state index in [9.17, 15) is 0 Å². The summed E-state index contributed by atoms with van der Waals surface area (Å²) in [5.74, 6) is 0. The quantitative estimate of drug-likeness (QED) is 0.550. The monoisotopic (exact) mass is 186 g/mol. The third-order valence-corrected chi connectivity index (χ3v) is 3.29. The highest BCUT2D eigenvalue weighted by atomic mass is 14.3. The highest BCUT2D eigenvalue weighted by molar-refractivity contribution is 6.45. The largest absolute Gasteiger partial charge is 0.154 e. The Morgan fingerprint density at radius 1 is 1.29 bits per heavy atom. The molecule has 14 heavy (non-hydrogen) atoms. The molecule has 0 aliphatic heterocycles. The van der Waals surface area contributed by atoms with E-state index in [2.05, 4.69) is 38.9 Å². The van der Waals surface area contributed by atoms with Crippen LogP contribution in [0.1, 0.15) is 33.1 Å². The predicted octanol–water partition coefficient (Wildman–Crippen LogP) is 3.43. The lowest BCUT2D eigenvalue weighted by Crippen LogP contribution is -2.02. The predicted molar refractivity (Wildman–Crippen MR) is 64.9 cm³/mol. The Morgan fingerprint density at radius 3 is 2.79 bits per heavy atom. The van der Waals surface area contributed by atoms with Crippen LogP contribution in [0, 0.1) is 5.41 Å². The van der Waals surface area contributed by atoms with Crippen molar-refractivity contribution in [3.8, 4) is 0 Å². The number of hydrogen-bond donors (Lipinski definition) is 0. The van der Waals surface area contributed by atoms with Gasteiger partial charge in [-0.2, -0.15) is 0 Å². The van der Waals surface area contributed by atoms with Crippen LogP contribution in [0.3, 0.4) is 0 Å². The van der Waals surface area contributed by atoms with Gasteiger partial charge >= 0.3 is 0 Å². The van der Waals surface area contributed by atoms with E-state index in [4.69, 9.17) is 0 Å². The normalized spacial score (nSPS) is 24.4. The maximum atomic E-state index is 2.47. The van der Waals surface area contributed by atoms with E-state index in [1.54, 1.807) is 16.6 Å². The second kappa shape index (κ2) is 3.45. The Morgan fingerprint density at radius 2 is 2.07 bits per heavy atom. The fourth-order valence-electron chi connectivity index (χ4n) is 2.54. The van der Waals surface area contributed by atoms with E-state index in [1.807, 2.05) is 0 Å². The molecule has 1 fully saturated rings. The molecule has 0 spiro atoms. The molecule has 0 radical (unpaired) electrons. The fraction of sp³-hybridized carbons (Fsp3) is 0.538. The van der Waals surface area contributed by atoms with Crippen molar-refractivity contribution < 1.29 is 0 Å². The van der Waals surface area contributed by atoms with Gasteiger partial charge in [-0.05, 0) is 24.8 Å². The Hall–Kier alpha value is -0.715. The van der Waals surface area contributed by atoms with Gasteiger partial charge in [0.2, 0.25) is 0 Å². The molecule has 1 heteroatoms. The van der Waals surface area contributed by atoms with Crippen LogP contribution in [0.15, 0.2) is 34.8 Å². The first-order valence-electron chi connectivity index (χ1n) is 5.76. The van der Waals surface area contributed by atoms with Crippen molar-refractivity contribution in [3.05, 3.63) is 34.8 Å². The molecule has 0 amide bonds. The molecular formula is C13H19B. The summed E-state index contributed by atoms with van der Waals surface area (Å²) in [5.41, 5.74) is 5.09. The average molecular weight is 186 g/mol. The molecule has 0 nitrogen and oxygen atoms in total. The van der Waals surface area contributed by atoms with Crippen LogP contribution in [0.4, 0.5) is 0 Å². The number of fused-ring (bicyclic) bond motifs is 1. The summed E-state index contributed by atoms with van der Waals surface area (Å²) >= 11 is 0. The summed E-state index contributed by atoms with van der Waals surface area (Å²) < 4.78 is 0. The fourth-order valence-corrected chi connectivity index (χ4v) is 2.54. The lowest BCUT2D eigenvalue weighted by molar-refractivity contribution is 0.621. The van der Waals surface area contributed by atoms with Gasteiger partial charge in [0.25, 0.3) is 0 Å². The van der Waals surface area contributed by atoms with Gasteiger partial charge < -0.3 is 0 Å². The molecule has 0 bridgehead atoms. The molecule has 2 aliphatic rings. The van der Waals surface area contributed by atoms with Crippen molar-refractivity contribution in [3.63, 3.8) is 0 Å². The lowest BCUT2D eigenvalue weighted by Gasteiger charge is -2.14. The number of rotatable bonds is 1. The zero-order valence-corrected chi connectivity index (χ0v) is 9.56. The van der Waals surface area contributed by atoms with Gasteiger partial charge in [-0.1, -0.05) is 49.9 Å². The Bertz CT molecular complexity index is 329. The van der Waals surface area contributed by atoms with Crippen molar-refractivity contribution in [1.29, 1.82) is 0 Å². The van der Waals surface area contributed by atoms with Crippen LogP contribution in [-0.2, 0) is 0 Å². The molecule has 1 saturated carbocycles. The second-order valence-corrected chi connectivity index (χ2v) is 5.04. The third-order valence-electron chi connectivity index (χ3n) is 3.29. The minimum absolute atomic E-state index is 0.252. The standard InChI is InChI=1S/C13H19B/c1-13(2)8-7-12(14-3)11-6-4-5-10(11)9-13/h7-9,14H,4-6H2,1-3H3. The summed E-state index contributed by atoms with van der Waals surface area (Å²) in [4.78, 5) is 0. The highest BCUT2D eigenvalue weighted by Crippen LogP contribution is 2.38. The van der Waals surface area contributed by atoms with Crippen molar-refractivity contribution in [1.82, 2.24) is 0 Å². The molecule has 0 saturated heterocycles. The van der Waals surface area contributed by atoms with E-state index in [0.717, 1.165) is 0 Å². The van der Waals surface area contributed by atoms with Gasteiger partial charge in [0.15, 0.2) is 7.28 Å². The molecular weight excluding hydrogens is 167 g/mol. The van der Waals surface area contributed by atoms with E-state index < -0.39 is 0 Å². The molecule has 0 unspecified atom stereocenters. The zero-order chi connectivity index (χ0) is 10.2. The molecule has 2 rings (SSSR count). The first kappa shape index (κ1) is 9.83. The van der Waals surface area contributed by atoms with Crippen molar-refractivity contribution in [2.75, 3.05) is 0 Å². The van der Waals surface area contributed by atoms with Crippen molar-refractivity contribution in [2.45, 2.75) is 39.9 Å². The highest BCUT2D eigenvalue weighted by Gasteiger charge is 2.22. The first-order chi connectivity index (χ1) is 6.62. The summed E-state index contributed by atoms with van der Waals surface area (Å²) in [7, 11) is 1.18. The molecule has 0 N–H and O–H groups in total. The van der Waals surface area contributed by atoms with Gasteiger partial charge in [0, 0.05) is 5.41 Å². The van der Waals surface area contributed by atoms with Crippen LogP contribution in [0.2, 0.25) is 6.82 Å². The summed E-state index contributed by atoms with van der Waals surface area (Å²) in [6.45, 7) is 6.86. The molecule has 2 aliphatic carbocycles. The molecule has 0 aromatic heterocycles. The third kappa shape index (κ3) is 1.73. The summed E-state index contributed by atoms with van der Waals surface area (Å²) in [6.07, 6.45) is 11.1. The second-order valence-electron chi connectivity index (χ2n) is 5.04. The zero-order valence-electron chi connectivity index (χ0n) is 9.56. The maximum Gasteiger partial charge on any atom is 0.154 e. The van der Waals surface area contributed by atoms with E-state index >= 15 is 0 Å². The topological polar surface area (TPSA) is 0 Å². The summed E-state index contributed by atoms with van der Waals surface area (Å²) in [5, 5.41) is 0. The van der Waals surface area contributed by atoms with Crippen LogP contribution in [0.5, 0.6) is 0 Å². The molecule has 0 atom stereocenters. The van der Waals surface area contributed by atoms with Crippen molar-refractivity contribution in [2.24, 2.45) is 5.41 Å². The van der Waals surface area contributed by atoms with Gasteiger partial charge in [0.05, 0.1) is 0 Å². The lowest BCUT2D eigenvalue weighted by atomic mass is 9.69. The minimum Gasteiger partial charge on any atom is -0.0849 e. The Balaban J connectivity index is 2.47. The summed E-state index contributed by atoms with van der Waals surface area (Å²) in [6, 6.07) is 0.